The summed E-state index contributed by atoms with van der Waals surface area (Å²) < 4.78 is 7.32. The number of nitrogens with one attached hydrogen (secondary N) is 1. The number of rotatable bonds is 4. The molecule has 4 heterocycles. The van der Waals surface area contributed by atoms with Crippen molar-refractivity contribution in [2.45, 2.75) is 32.7 Å². The predicted molar refractivity (Wildman–Crippen MR) is 97.2 cm³/mol. The van der Waals surface area contributed by atoms with Crippen LogP contribution >= 0.6 is 0 Å². The molecule has 140 valence electrons. The summed E-state index contributed by atoms with van der Waals surface area (Å²) in [5, 5.41) is 11.3. The van der Waals surface area contributed by atoms with Crippen molar-refractivity contribution in [2.24, 2.45) is 0 Å². The van der Waals surface area contributed by atoms with Crippen molar-refractivity contribution >= 4 is 17.5 Å². The van der Waals surface area contributed by atoms with Gasteiger partial charge in [0.25, 0.3) is 5.91 Å². The van der Waals surface area contributed by atoms with Crippen LogP contribution in [-0.2, 0) is 11.3 Å². The van der Waals surface area contributed by atoms with Gasteiger partial charge in [0.2, 0.25) is 5.91 Å². The van der Waals surface area contributed by atoms with Gasteiger partial charge in [-0.25, -0.2) is 0 Å². The maximum atomic E-state index is 12.5. The normalized spacial score (nSPS) is 16.8. The van der Waals surface area contributed by atoms with Gasteiger partial charge >= 0.3 is 0 Å². The fraction of sp³-hybridized carbons (Fsp3) is 0.368. The van der Waals surface area contributed by atoms with Gasteiger partial charge in [0.15, 0.2) is 5.65 Å². The minimum atomic E-state index is -0.192. The molecular weight excluding hydrogens is 346 g/mol. The number of carbonyl (C=O) groups excluding carboxylic acids is 2. The molecule has 8 heteroatoms. The molecule has 0 aliphatic carbocycles. The molecule has 0 spiro atoms. The second kappa shape index (κ2) is 6.86. The Morgan fingerprint density at radius 1 is 1.26 bits per heavy atom. The maximum absolute atomic E-state index is 12.5. The highest BCUT2D eigenvalue weighted by molar-refractivity contribution is 5.94. The van der Waals surface area contributed by atoms with Crippen LogP contribution in [0.2, 0.25) is 0 Å². The molecule has 1 aliphatic rings. The number of furan rings is 1. The number of hydrogen-bond donors (Lipinski definition) is 1. The number of likely N-dealkylation sites (tertiary alicyclic amines) is 1. The molecule has 8 nitrogen and oxygen atoms in total. The van der Waals surface area contributed by atoms with Gasteiger partial charge in [-0.1, -0.05) is 0 Å². The van der Waals surface area contributed by atoms with Gasteiger partial charge in [0.1, 0.15) is 17.3 Å². The number of carbonyl (C=O) groups is 2. The van der Waals surface area contributed by atoms with Crippen LogP contribution in [0.15, 0.2) is 34.9 Å². The lowest BCUT2D eigenvalue weighted by Gasteiger charge is -2.13. The van der Waals surface area contributed by atoms with E-state index in [1.807, 2.05) is 28.4 Å². The summed E-state index contributed by atoms with van der Waals surface area (Å²) in [5.41, 5.74) is 1.21. The van der Waals surface area contributed by atoms with Gasteiger partial charge in [0.05, 0.1) is 12.1 Å². The van der Waals surface area contributed by atoms with Gasteiger partial charge in [-0.15, -0.1) is 10.2 Å². The van der Waals surface area contributed by atoms with Crippen LogP contribution in [0.4, 0.5) is 0 Å². The monoisotopic (exact) mass is 367 g/mol. The maximum Gasteiger partial charge on any atom is 0.253 e. The Bertz CT molecular complexity index is 1010. The number of nitrogens with zero attached hydrogens (tertiary/aromatic N) is 4. The van der Waals surface area contributed by atoms with E-state index in [4.69, 9.17) is 4.42 Å². The van der Waals surface area contributed by atoms with Crippen molar-refractivity contribution in [1.29, 1.82) is 0 Å². The Morgan fingerprint density at radius 2 is 2.11 bits per heavy atom. The first kappa shape index (κ1) is 17.3. The third-order valence-electron chi connectivity index (χ3n) is 4.91. The fourth-order valence-corrected chi connectivity index (χ4v) is 3.43. The molecule has 0 saturated carbocycles. The second-order valence-corrected chi connectivity index (χ2v) is 6.85. The molecular formula is C19H21N5O3. The summed E-state index contributed by atoms with van der Waals surface area (Å²) in [7, 11) is 0. The fourth-order valence-electron chi connectivity index (χ4n) is 3.43. The van der Waals surface area contributed by atoms with E-state index in [0.717, 1.165) is 24.6 Å². The lowest BCUT2D eigenvalue weighted by atomic mass is 10.1. The summed E-state index contributed by atoms with van der Waals surface area (Å²) in [6, 6.07) is 7.22. The summed E-state index contributed by atoms with van der Waals surface area (Å²) in [6.07, 6.45) is 2.60. The molecule has 27 heavy (non-hydrogen) atoms. The number of fused-ring (bicyclic) bond motifs is 1. The summed E-state index contributed by atoms with van der Waals surface area (Å²) in [5.74, 6) is 2.30. The standard InChI is InChI=1S/C19H21N5O3/c1-12-3-5-16(27-12)9-20-19(26)15-4-6-17-21-22-18(24(17)11-15)14-7-8-23(10-14)13(2)25/h3-6,11,14H,7-10H2,1-2H3,(H,20,26)/t14-/m1/s1. The van der Waals surface area contributed by atoms with Crippen LogP contribution in [-0.4, -0.2) is 44.4 Å². The van der Waals surface area contributed by atoms with Gasteiger partial charge < -0.3 is 14.6 Å². The largest absolute Gasteiger partial charge is 0.465 e. The molecule has 4 rings (SSSR count). The van der Waals surface area contributed by atoms with Crippen molar-refractivity contribution in [3.05, 3.63) is 53.4 Å². The summed E-state index contributed by atoms with van der Waals surface area (Å²) in [4.78, 5) is 25.9. The molecule has 1 N–H and O–H groups in total. The van der Waals surface area contributed by atoms with Crippen molar-refractivity contribution in [1.82, 2.24) is 24.8 Å². The number of aromatic nitrogens is 3. The average molecular weight is 367 g/mol. The van der Waals surface area contributed by atoms with Crippen LogP contribution < -0.4 is 5.32 Å². The van der Waals surface area contributed by atoms with E-state index >= 15 is 0 Å². The molecule has 1 saturated heterocycles. The van der Waals surface area contributed by atoms with Crippen LogP contribution in [0.25, 0.3) is 5.65 Å². The molecule has 2 amide bonds. The van der Waals surface area contributed by atoms with Crippen LogP contribution in [0, 0.1) is 6.92 Å². The van der Waals surface area contributed by atoms with Crippen molar-refractivity contribution in [3.63, 3.8) is 0 Å². The Morgan fingerprint density at radius 3 is 2.81 bits per heavy atom. The van der Waals surface area contributed by atoms with Crippen LogP contribution in [0.3, 0.4) is 0 Å². The molecule has 1 fully saturated rings. The van der Waals surface area contributed by atoms with E-state index in [9.17, 15) is 9.59 Å². The zero-order valence-corrected chi connectivity index (χ0v) is 15.3. The highest BCUT2D eigenvalue weighted by atomic mass is 16.3. The van der Waals surface area contributed by atoms with Crippen LogP contribution in [0.1, 0.15) is 47.0 Å². The number of pyridine rings is 1. The van der Waals surface area contributed by atoms with E-state index in [0.29, 0.717) is 30.1 Å². The Labute approximate surface area is 156 Å². The van der Waals surface area contributed by atoms with Crippen molar-refractivity contribution in [3.8, 4) is 0 Å². The van der Waals surface area contributed by atoms with E-state index < -0.39 is 0 Å². The minimum absolute atomic E-state index is 0.0690. The molecule has 0 radical (unpaired) electrons. The lowest BCUT2D eigenvalue weighted by Crippen LogP contribution is -2.25. The highest BCUT2D eigenvalue weighted by Crippen LogP contribution is 2.26. The zero-order valence-electron chi connectivity index (χ0n) is 15.3. The van der Waals surface area contributed by atoms with E-state index in [2.05, 4.69) is 15.5 Å². The minimum Gasteiger partial charge on any atom is -0.465 e. The van der Waals surface area contributed by atoms with Crippen molar-refractivity contribution < 1.29 is 14.0 Å². The first-order valence-electron chi connectivity index (χ1n) is 8.95. The second-order valence-electron chi connectivity index (χ2n) is 6.85. The van der Waals surface area contributed by atoms with Gasteiger partial charge in [-0.05, 0) is 37.6 Å². The van der Waals surface area contributed by atoms with E-state index in [1.165, 1.54) is 0 Å². The van der Waals surface area contributed by atoms with E-state index in [1.54, 1.807) is 25.3 Å². The zero-order chi connectivity index (χ0) is 19.0. The summed E-state index contributed by atoms with van der Waals surface area (Å²) in [6.45, 7) is 5.12. The third-order valence-corrected chi connectivity index (χ3v) is 4.91. The quantitative estimate of drug-likeness (QED) is 0.760. The number of aryl methyl sites for hydroxylation is 1. The topological polar surface area (TPSA) is 92.7 Å². The molecule has 1 atom stereocenters. The van der Waals surface area contributed by atoms with Gasteiger partial charge in [-0.3, -0.25) is 14.0 Å². The molecule has 3 aromatic rings. The SMILES string of the molecule is CC(=O)N1CC[C@@H](c2nnc3ccc(C(=O)NCc4ccc(C)o4)cn23)C1. The first-order chi connectivity index (χ1) is 13.0. The molecule has 0 aromatic carbocycles. The lowest BCUT2D eigenvalue weighted by molar-refractivity contribution is -0.127. The van der Waals surface area contributed by atoms with Crippen LogP contribution in [0.5, 0.6) is 0 Å². The average Bonchev–Trinajstić information content (AvgIpc) is 3.37. The number of amides is 2. The van der Waals surface area contributed by atoms with E-state index in [-0.39, 0.29) is 17.7 Å². The first-order valence-corrected chi connectivity index (χ1v) is 8.95. The third kappa shape index (κ3) is 3.42. The predicted octanol–water partition coefficient (Wildman–Crippen LogP) is 1.90. The molecule has 3 aromatic heterocycles. The Kier molecular flexibility index (Phi) is 4.39. The van der Waals surface area contributed by atoms with Crippen molar-refractivity contribution in [2.75, 3.05) is 13.1 Å². The number of hydrogen-bond acceptors (Lipinski definition) is 5. The Hall–Kier alpha value is -3.16. The smallest absolute Gasteiger partial charge is 0.253 e. The highest BCUT2D eigenvalue weighted by Gasteiger charge is 2.29. The summed E-state index contributed by atoms with van der Waals surface area (Å²) >= 11 is 0. The van der Waals surface area contributed by atoms with Gasteiger partial charge in [-0.2, -0.15) is 0 Å². The molecule has 1 aliphatic heterocycles. The van der Waals surface area contributed by atoms with Gasteiger partial charge in [0, 0.05) is 32.1 Å². The molecule has 0 unspecified atom stereocenters. The molecule has 0 bridgehead atoms. The Balaban J connectivity index is 1.53.